The predicted molar refractivity (Wildman–Crippen MR) is 45.1 cm³/mol. The van der Waals surface area contributed by atoms with Crippen LogP contribution < -0.4 is 11.2 Å². The molecule has 0 saturated heterocycles. The van der Waals surface area contributed by atoms with Crippen molar-refractivity contribution in [3.63, 3.8) is 0 Å². The zero-order valence-electron chi connectivity index (χ0n) is 7.38. The second-order valence-electron chi connectivity index (χ2n) is 3.28. The maximum Gasteiger partial charge on any atom is 0.260 e. The standard InChI is InChI=1S/C8H16N2O2/c1-6(9)8(11)10-12-7-4-2-3-5-7/h6-7H,2-5,9H2,1H3,(H,10,11)/t6-/m1/s1. The molecule has 3 N–H and O–H groups in total. The van der Waals surface area contributed by atoms with Crippen LogP contribution in [0.1, 0.15) is 32.6 Å². The van der Waals surface area contributed by atoms with Crippen molar-refractivity contribution < 1.29 is 9.63 Å². The molecule has 0 aliphatic heterocycles. The highest BCUT2D eigenvalue weighted by molar-refractivity contribution is 5.79. The number of hydrogen-bond donors (Lipinski definition) is 2. The molecule has 0 heterocycles. The molecule has 1 fully saturated rings. The summed E-state index contributed by atoms with van der Waals surface area (Å²) < 4.78 is 0. The maximum absolute atomic E-state index is 10.9. The van der Waals surface area contributed by atoms with E-state index >= 15 is 0 Å². The van der Waals surface area contributed by atoms with Gasteiger partial charge < -0.3 is 5.73 Å². The van der Waals surface area contributed by atoms with Gasteiger partial charge in [-0.05, 0) is 19.8 Å². The summed E-state index contributed by atoms with van der Waals surface area (Å²) in [6.07, 6.45) is 4.67. The van der Waals surface area contributed by atoms with Gasteiger partial charge in [0, 0.05) is 0 Å². The zero-order chi connectivity index (χ0) is 8.97. The van der Waals surface area contributed by atoms with Crippen LogP contribution in [-0.4, -0.2) is 18.1 Å². The molecule has 1 amide bonds. The van der Waals surface area contributed by atoms with E-state index in [1.807, 2.05) is 0 Å². The van der Waals surface area contributed by atoms with E-state index < -0.39 is 6.04 Å². The molecule has 1 rings (SSSR count). The van der Waals surface area contributed by atoms with Crippen LogP contribution in [0.5, 0.6) is 0 Å². The summed E-state index contributed by atoms with van der Waals surface area (Å²) in [6.45, 7) is 1.63. The molecule has 0 spiro atoms. The molecule has 0 aromatic carbocycles. The van der Waals surface area contributed by atoms with E-state index in [1.54, 1.807) is 6.92 Å². The van der Waals surface area contributed by atoms with Crippen molar-refractivity contribution in [1.82, 2.24) is 5.48 Å². The fourth-order valence-corrected chi connectivity index (χ4v) is 1.24. The summed E-state index contributed by atoms with van der Waals surface area (Å²) in [5.74, 6) is -0.248. The first-order chi connectivity index (χ1) is 5.70. The molecular weight excluding hydrogens is 156 g/mol. The Morgan fingerprint density at radius 3 is 2.67 bits per heavy atom. The Morgan fingerprint density at radius 2 is 2.17 bits per heavy atom. The van der Waals surface area contributed by atoms with Crippen molar-refractivity contribution in [2.75, 3.05) is 0 Å². The highest BCUT2D eigenvalue weighted by atomic mass is 16.7. The summed E-state index contributed by atoms with van der Waals surface area (Å²) >= 11 is 0. The van der Waals surface area contributed by atoms with Crippen LogP contribution >= 0.6 is 0 Å². The van der Waals surface area contributed by atoms with E-state index in [4.69, 9.17) is 10.6 Å². The minimum absolute atomic E-state index is 0.202. The van der Waals surface area contributed by atoms with Crippen LogP contribution in [0, 0.1) is 0 Å². The van der Waals surface area contributed by atoms with Crippen LogP contribution in [0.15, 0.2) is 0 Å². The number of carbonyl (C=O) groups excluding carboxylic acids is 1. The third-order valence-corrected chi connectivity index (χ3v) is 2.04. The third-order valence-electron chi connectivity index (χ3n) is 2.04. The molecule has 0 bridgehead atoms. The van der Waals surface area contributed by atoms with Gasteiger partial charge in [-0.1, -0.05) is 12.8 Å². The molecule has 70 valence electrons. The Balaban J connectivity index is 2.12. The van der Waals surface area contributed by atoms with Crippen molar-refractivity contribution in [1.29, 1.82) is 0 Å². The number of nitrogens with two attached hydrogens (primary N) is 1. The van der Waals surface area contributed by atoms with Gasteiger partial charge in [-0.3, -0.25) is 9.63 Å². The smallest absolute Gasteiger partial charge is 0.260 e. The Morgan fingerprint density at radius 1 is 1.58 bits per heavy atom. The fraction of sp³-hybridized carbons (Fsp3) is 0.875. The first-order valence-electron chi connectivity index (χ1n) is 4.41. The lowest BCUT2D eigenvalue weighted by molar-refractivity contribution is -0.139. The van der Waals surface area contributed by atoms with Gasteiger partial charge in [-0.15, -0.1) is 0 Å². The van der Waals surface area contributed by atoms with Crippen molar-refractivity contribution in [3.8, 4) is 0 Å². The molecule has 4 heteroatoms. The third kappa shape index (κ3) is 2.79. The summed E-state index contributed by atoms with van der Waals surface area (Å²) in [7, 11) is 0. The molecule has 1 aliphatic rings. The van der Waals surface area contributed by atoms with E-state index in [9.17, 15) is 4.79 Å². The van der Waals surface area contributed by atoms with Crippen LogP contribution in [0.2, 0.25) is 0 Å². The minimum atomic E-state index is -0.494. The van der Waals surface area contributed by atoms with Gasteiger partial charge in [0.2, 0.25) is 0 Å². The molecule has 0 aromatic heterocycles. The van der Waals surface area contributed by atoms with E-state index in [2.05, 4.69) is 5.48 Å². The van der Waals surface area contributed by atoms with Gasteiger partial charge in [-0.2, -0.15) is 0 Å². The summed E-state index contributed by atoms with van der Waals surface area (Å²) in [5, 5.41) is 0. The summed E-state index contributed by atoms with van der Waals surface area (Å²) in [4.78, 5) is 16.1. The van der Waals surface area contributed by atoms with Gasteiger partial charge in [0.25, 0.3) is 5.91 Å². The molecule has 0 radical (unpaired) electrons. The van der Waals surface area contributed by atoms with Crippen molar-refractivity contribution >= 4 is 5.91 Å². The van der Waals surface area contributed by atoms with Gasteiger partial charge in [0.1, 0.15) is 0 Å². The molecule has 1 saturated carbocycles. The largest absolute Gasteiger partial charge is 0.320 e. The normalized spacial score (nSPS) is 20.8. The van der Waals surface area contributed by atoms with Crippen molar-refractivity contribution in [2.24, 2.45) is 5.73 Å². The predicted octanol–water partition coefficient (Wildman–Crippen LogP) is 0.324. The molecule has 0 unspecified atom stereocenters. The van der Waals surface area contributed by atoms with Crippen molar-refractivity contribution in [3.05, 3.63) is 0 Å². The second-order valence-corrected chi connectivity index (χ2v) is 3.28. The SMILES string of the molecule is C[C@@H](N)C(=O)NOC1CCCC1. The highest BCUT2D eigenvalue weighted by Gasteiger charge is 2.17. The zero-order valence-corrected chi connectivity index (χ0v) is 7.38. The lowest BCUT2D eigenvalue weighted by Gasteiger charge is -2.12. The molecule has 1 atom stereocenters. The van der Waals surface area contributed by atoms with E-state index in [-0.39, 0.29) is 12.0 Å². The number of carbonyl (C=O) groups is 1. The van der Waals surface area contributed by atoms with Crippen LogP contribution in [0.3, 0.4) is 0 Å². The second kappa shape index (κ2) is 4.42. The van der Waals surface area contributed by atoms with Crippen LogP contribution in [-0.2, 0) is 9.63 Å². The molecular formula is C8H16N2O2. The Hall–Kier alpha value is -0.610. The lowest BCUT2D eigenvalue weighted by Crippen LogP contribution is -2.39. The monoisotopic (exact) mass is 172 g/mol. The summed E-state index contributed by atoms with van der Waals surface area (Å²) in [5.41, 5.74) is 7.69. The van der Waals surface area contributed by atoms with Gasteiger partial charge in [0.15, 0.2) is 0 Å². The fourth-order valence-electron chi connectivity index (χ4n) is 1.24. The number of hydrogen-bond acceptors (Lipinski definition) is 3. The quantitative estimate of drug-likeness (QED) is 0.603. The number of nitrogens with one attached hydrogen (secondary N) is 1. The first-order valence-corrected chi connectivity index (χ1v) is 4.41. The van der Waals surface area contributed by atoms with Crippen LogP contribution in [0.25, 0.3) is 0 Å². The van der Waals surface area contributed by atoms with Crippen LogP contribution in [0.4, 0.5) is 0 Å². The molecule has 12 heavy (non-hydrogen) atoms. The first kappa shape index (κ1) is 9.48. The number of amides is 1. The molecule has 1 aliphatic carbocycles. The molecule has 0 aromatic rings. The topological polar surface area (TPSA) is 64.4 Å². The number of hydroxylamine groups is 1. The average Bonchev–Trinajstić information content (AvgIpc) is 2.51. The summed E-state index contributed by atoms with van der Waals surface area (Å²) in [6, 6.07) is -0.494. The Bertz CT molecular complexity index is 153. The van der Waals surface area contributed by atoms with Gasteiger partial charge in [-0.25, -0.2) is 5.48 Å². The van der Waals surface area contributed by atoms with E-state index in [1.165, 1.54) is 12.8 Å². The lowest BCUT2D eigenvalue weighted by atomic mass is 10.3. The number of rotatable bonds is 3. The minimum Gasteiger partial charge on any atom is -0.320 e. The maximum atomic E-state index is 10.9. The molecule has 4 nitrogen and oxygen atoms in total. The van der Waals surface area contributed by atoms with Gasteiger partial charge >= 0.3 is 0 Å². The van der Waals surface area contributed by atoms with Gasteiger partial charge in [0.05, 0.1) is 12.1 Å². The van der Waals surface area contributed by atoms with E-state index in [0.717, 1.165) is 12.8 Å². The average molecular weight is 172 g/mol. The van der Waals surface area contributed by atoms with E-state index in [0.29, 0.717) is 0 Å². The highest BCUT2D eigenvalue weighted by Crippen LogP contribution is 2.19. The Kier molecular flexibility index (Phi) is 3.49. The Labute approximate surface area is 72.4 Å². The van der Waals surface area contributed by atoms with Crippen molar-refractivity contribution in [2.45, 2.75) is 44.8 Å².